The maximum Gasteiger partial charge on any atom is 0.417 e. The standard InChI is InChI=1S/C22H24Br2O8/c1-28-15-9-12(6-5-7-32-22(27)21(25)26)8-14(19(15)30-3)10-13-11-16(29-2)20(31-4)18(24)17(13)23/h8-9,11H,5-7,10H2,1-4H3,(H,25,26). The highest BCUT2D eigenvalue weighted by molar-refractivity contribution is 9.13. The molecule has 0 atom stereocenters. The number of halogens is 2. The molecule has 0 spiro atoms. The Morgan fingerprint density at radius 3 is 2.03 bits per heavy atom. The van der Waals surface area contributed by atoms with Crippen LogP contribution in [0.2, 0.25) is 0 Å². The third kappa shape index (κ3) is 6.07. The van der Waals surface area contributed by atoms with Gasteiger partial charge in [0.2, 0.25) is 0 Å². The van der Waals surface area contributed by atoms with Crippen molar-refractivity contribution in [2.45, 2.75) is 19.3 Å². The summed E-state index contributed by atoms with van der Waals surface area (Å²) in [5.41, 5.74) is 2.74. The Labute approximate surface area is 203 Å². The zero-order valence-electron chi connectivity index (χ0n) is 18.1. The highest BCUT2D eigenvalue weighted by atomic mass is 79.9. The molecule has 0 bridgehead atoms. The zero-order valence-corrected chi connectivity index (χ0v) is 21.3. The Kier molecular flexibility index (Phi) is 9.64. The number of carboxylic acid groups (broad SMARTS) is 1. The molecule has 0 aliphatic carbocycles. The average Bonchev–Trinajstić information content (AvgIpc) is 2.78. The van der Waals surface area contributed by atoms with Crippen LogP contribution < -0.4 is 18.9 Å². The molecule has 0 saturated heterocycles. The van der Waals surface area contributed by atoms with Crippen molar-refractivity contribution >= 4 is 43.8 Å². The molecule has 10 heteroatoms. The number of carbonyl (C=O) groups is 2. The van der Waals surface area contributed by atoms with E-state index in [1.807, 2.05) is 18.2 Å². The summed E-state index contributed by atoms with van der Waals surface area (Å²) in [6.45, 7) is 0.00296. The normalized spacial score (nSPS) is 10.4. The van der Waals surface area contributed by atoms with E-state index in [4.69, 9.17) is 28.8 Å². The lowest BCUT2D eigenvalue weighted by molar-refractivity contribution is -0.163. The van der Waals surface area contributed by atoms with E-state index in [2.05, 4.69) is 31.9 Å². The number of benzene rings is 2. The van der Waals surface area contributed by atoms with Crippen LogP contribution in [0.25, 0.3) is 0 Å². The van der Waals surface area contributed by atoms with Crippen molar-refractivity contribution in [2.75, 3.05) is 35.0 Å². The highest BCUT2D eigenvalue weighted by Gasteiger charge is 2.20. The molecule has 0 aliphatic rings. The third-order valence-electron chi connectivity index (χ3n) is 4.64. The Morgan fingerprint density at radius 2 is 1.47 bits per heavy atom. The molecule has 1 N–H and O–H groups in total. The van der Waals surface area contributed by atoms with Crippen LogP contribution in [0.3, 0.4) is 0 Å². The van der Waals surface area contributed by atoms with Crippen LogP contribution in [0, 0.1) is 0 Å². The molecule has 0 unspecified atom stereocenters. The van der Waals surface area contributed by atoms with Crippen molar-refractivity contribution in [1.82, 2.24) is 0 Å². The van der Waals surface area contributed by atoms with Gasteiger partial charge in [0.05, 0.1) is 39.5 Å². The second kappa shape index (κ2) is 12.0. The fourth-order valence-electron chi connectivity index (χ4n) is 3.20. The summed E-state index contributed by atoms with van der Waals surface area (Å²) < 4.78 is 28.3. The van der Waals surface area contributed by atoms with Crippen LogP contribution >= 0.6 is 31.9 Å². The number of esters is 1. The number of carboxylic acids is 1. The summed E-state index contributed by atoms with van der Waals surface area (Å²) in [6.07, 6.45) is 1.51. The van der Waals surface area contributed by atoms with Crippen molar-refractivity contribution in [1.29, 1.82) is 0 Å². The first-order valence-corrected chi connectivity index (χ1v) is 11.1. The number of aliphatic carboxylic acids is 1. The smallest absolute Gasteiger partial charge is 0.417 e. The van der Waals surface area contributed by atoms with E-state index in [-0.39, 0.29) is 6.61 Å². The van der Waals surface area contributed by atoms with Crippen molar-refractivity contribution in [3.8, 4) is 23.0 Å². The van der Waals surface area contributed by atoms with Gasteiger partial charge in [-0.1, -0.05) is 6.07 Å². The molecule has 174 valence electrons. The molecular weight excluding hydrogens is 552 g/mol. The summed E-state index contributed by atoms with van der Waals surface area (Å²) in [4.78, 5) is 21.6. The lowest BCUT2D eigenvalue weighted by Crippen LogP contribution is -2.17. The first-order chi connectivity index (χ1) is 15.3. The summed E-state index contributed by atoms with van der Waals surface area (Å²) in [5, 5.41) is 8.58. The minimum atomic E-state index is -1.61. The summed E-state index contributed by atoms with van der Waals surface area (Å²) >= 11 is 7.17. The van der Waals surface area contributed by atoms with Gasteiger partial charge in [-0.15, -0.1) is 0 Å². The van der Waals surface area contributed by atoms with Crippen LogP contribution in [0.4, 0.5) is 0 Å². The van der Waals surface area contributed by atoms with Gasteiger partial charge in [0.15, 0.2) is 23.0 Å². The first kappa shape index (κ1) is 25.8. The van der Waals surface area contributed by atoms with Crippen molar-refractivity contribution in [2.24, 2.45) is 0 Å². The number of carbonyl (C=O) groups excluding carboxylic acids is 1. The first-order valence-electron chi connectivity index (χ1n) is 9.49. The predicted octanol–water partition coefficient (Wildman–Crippen LogP) is 4.40. The number of aryl methyl sites for hydroxylation is 1. The fourth-order valence-corrected chi connectivity index (χ4v) is 4.24. The van der Waals surface area contributed by atoms with Crippen LogP contribution in [0.15, 0.2) is 27.1 Å². The molecule has 2 aromatic carbocycles. The van der Waals surface area contributed by atoms with Crippen LogP contribution in [0.1, 0.15) is 23.1 Å². The second-order valence-electron chi connectivity index (χ2n) is 6.61. The summed E-state index contributed by atoms with van der Waals surface area (Å²) in [5.74, 6) is -0.534. The highest BCUT2D eigenvalue weighted by Crippen LogP contribution is 2.44. The number of methoxy groups -OCH3 is 4. The summed E-state index contributed by atoms with van der Waals surface area (Å²) in [6, 6.07) is 5.72. The van der Waals surface area contributed by atoms with E-state index in [1.54, 1.807) is 28.4 Å². The Balaban J connectivity index is 2.34. The van der Waals surface area contributed by atoms with Crippen molar-refractivity contribution < 1.29 is 38.4 Å². The van der Waals surface area contributed by atoms with Crippen LogP contribution in [-0.4, -0.2) is 52.1 Å². The number of ether oxygens (including phenoxy) is 5. The van der Waals surface area contributed by atoms with E-state index in [1.165, 1.54) is 0 Å². The number of rotatable bonds is 10. The minimum Gasteiger partial charge on any atom is -0.493 e. The van der Waals surface area contributed by atoms with E-state index in [0.29, 0.717) is 42.3 Å². The molecule has 0 fully saturated rings. The molecule has 2 rings (SSSR count). The van der Waals surface area contributed by atoms with E-state index >= 15 is 0 Å². The minimum absolute atomic E-state index is 0.00296. The molecule has 8 nitrogen and oxygen atoms in total. The quantitative estimate of drug-likeness (QED) is 0.253. The Bertz CT molecular complexity index is 991. The molecule has 0 aliphatic heterocycles. The van der Waals surface area contributed by atoms with Crippen LogP contribution in [-0.2, 0) is 27.2 Å². The van der Waals surface area contributed by atoms with Gasteiger partial charge in [0, 0.05) is 16.5 Å². The monoisotopic (exact) mass is 574 g/mol. The van der Waals surface area contributed by atoms with Crippen molar-refractivity contribution in [3.63, 3.8) is 0 Å². The van der Waals surface area contributed by atoms with E-state index < -0.39 is 11.9 Å². The average molecular weight is 576 g/mol. The second-order valence-corrected chi connectivity index (χ2v) is 8.20. The largest absolute Gasteiger partial charge is 0.493 e. The van der Waals surface area contributed by atoms with Gasteiger partial charge in [-0.25, -0.2) is 9.59 Å². The maximum atomic E-state index is 11.1. The van der Waals surface area contributed by atoms with Gasteiger partial charge in [-0.2, -0.15) is 0 Å². The molecule has 32 heavy (non-hydrogen) atoms. The Morgan fingerprint density at radius 1 is 0.844 bits per heavy atom. The molecule has 0 aromatic heterocycles. The summed E-state index contributed by atoms with van der Waals surface area (Å²) in [7, 11) is 6.28. The lowest BCUT2D eigenvalue weighted by Gasteiger charge is -2.18. The van der Waals surface area contributed by atoms with Gasteiger partial charge < -0.3 is 28.8 Å². The van der Waals surface area contributed by atoms with E-state index in [0.717, 1.165) is 25.6 Å². The lowest BCUT2D eigenvalue weighted by atomic mass is 9.98. The molecule has 0 amide bonds. The molecule has 2 aromatic rings. The van der Waals surface area contributed by atoms with Crippen LogP contribution in [0.5, 0.6) is 23.0 Å². The molecule has 0 heterocycles. The van der Waals surface area contributed by atoms with Crippen molar-refractivity contribution in [3.05, 3.63) is 43.8 Å². The number of hydrogen-bond acceptors (Lipinski definition) is 7. The van der Waals surface area contributed by atoms with Gasteiger partial charge in [-0.05, 0) is 68.0 Å². The SMILES string of the molecule is COc1cc(CCCOC(=O)C(=O)O)cc(Cc2cc(OC)c(OC)c(Br)c2Br)c1OC. The zero-order chi connectivity index (χ0) is 23.8. The Hall–Kier alpha value is -2.46. The maximum absolute atomic E-state index is 11.1. The third-order valence-corrected chi connectivity index (χ3v) is 6.84. The van der Waals surface area contributed by atoms with Gasteiger partial charge in [0.1, 0.15) is 0 Å². The van der Waals surface area contributed by atoms with Gasteiger partial charge >= 0.3 is 11.9 Å². The predicted molar refractivity (Wildman–Crippen MR) is 124 cm³/mol. The molecular formula is C22H24Br2O8. The molecule has 0 saturated carbocycles. The van der Waals surface area contributed by atoms with Gasteiger partial charge in [-0.3, -0.25) is 0 Å². The topological polar surface area (TPSA) is 101 Å². The fraction of sp³-hybridized carbons (Fsp3) is 0.364. The van der Waals surface area contributed by atoms with E-state index in [9.17, 15) is 9.59 Å². The number of hydrogen-bond donors (Lipinski definition) is 1. The molecule has 0 radical (unpaired) electrons. The van der Waals surface area contributed by atoms with Gasteiger partial charge in [0.25, 0.3) is 0 Å².